The summed E-state index contributed by atoms with van der Waals surface area (Å²) in [6.07, 6.45) is 2.89. The van der Waals surface area contributed by atoms with Gasteiger partial charge in [0.2, 0.25) is 0 Å². The number of methoxy groups -OCH3 is 1. The topological polar surface area (TPSA) is 84.3 Å². The summed E-state index contributed by atoms with van der Waals surface area (Å²) in [5, 5.41) is 9.74. The Morgan fingerprint density at radius 3 is 3.00 bits per heavy atom. The highest BCUT2D eigenvalue weighted by molar-refractivity contribution is 6.04. The zero-order valence-corrected chi connectivity index (χ0v) is 14.5. The van der Waals surface area contributed by atoms with Crippen LogP contribution in [0.5, 0.6) is 0 Å². The number of benzene rings is 1. The molecule has 2 aromatic rings. The number of aromatic nitrogens is 1. The van der Waals surface area contributed by atoms with Gasteiger partial charge in [-0.15, -0.1) is 0 Å². The van der Waals surface area contributed by atoms with Crippen molar-refractivity contribution in [3.63, 3.8) is 0 Å². The molecule has 7 nitrogen and oxygen atoms in total. The van der Waals surface area contributed by atoms with Crippen molar-refractivity contribution in [3.05, 3.63) is 47.7 Å². The Balaban J connectivity index is 1.80. The lowest BCUT2D eigenvalue weighted by molar-refractivity contribution is 0.00999. The normalized spacial score (nSPS) is 24.1. The van der Waals surface area contributed by atoms with E-state index in [4.69, 9.17) is 9.47 Å². The zero-order chi connectivity index (χ0) is 18.3. The standard InChI is InChI=1S/C19H19N3O4/c1-19(9-14(25-2)11-26-19)13-5-6-16-15(8-13)21-10-12-4-3-7-20-17(12)22(16)18(23)24/h3-8,10,14H,9,11H2,1-2H3,(H,23,24). The smallest absolute Gasteiger partial charge is 0.417 e. The Morgan fingerprint density at radius 1 is 1.42 bits per heavy atom. The molecule has 1 saturated heterocycles. The fraction of sp³-hybridized carbons (Fsp3) is 0.316. The molecular weight excluding hydrogens is 334 g/mol. The summed E-state index contributed by atoms with van der Waals surface area (Å²) >= 11 is 0. The van der Waals surface area contributed by atoms with E-state index in [2.05, 4.69) is 9.98 Å². The van der Waals surface area contributed by atoms with Crippen LogP contribution in [0.1, 0.15) is 24.5 Å². The maximum Gasteiger partial charge on any atom is 0.417 e. The second kappa shape index (κ2) is 6.19. The van der Waals surface area contributed by atoms with Gasteiger partial charge in [-0.05, 0) is 36.8 Å². The molecule has 3 heterocycles. The molecule has 1 aromatic heterocycles. The van der Waals surface area contributed by atoms with Gasteiger partial charge in [0.25, 0.3) is 0 Å². The Morgan fingerprint density at radius 2 is 2.27 bits per heavy atom. The average Bonchev–Trinajstić information content (AvgIpc) is 2.95. The second-order valence-corrected chi connectivity index (χ2v) is 6.60. The van der Waals surface area contributed by atoms with Gasteiger partial charge in [0.15, 0.2) is 5.82 Å². The van der Waals surface area contributed by atoms with Crippen molar-refractivity contribution in [2.24, 2.45) is 4.99 Å². The maximum absolute atomic E-state index is 11.9. The Kier molecular flexibility index (Phi) is 3.97. The number of fused-ring (bicyclic) bond motifs is 2. The first-order valence-electron chi connectivity index (χ1n) is 8.35. The first-order valence-corrected chi connectivity index (χ1v) is 8.35. The highest BCUT2D eigenvalue weighted by atomic mass is 16.6. The number of ether oxygens (including phenoxy) is 2. The number of carbonyl (C=O) groups is 1. The number of rotatable bonds is 2. The largest absolute Gasteiger partial charge is 0.464 e. The SMILES string of the molecule is COC1COC(C)(c2ccc3c(c2)N=Cc2cccnc2N3C(=O)O)C1. The maximum atomic E-state index is 11.9. The van der Waals surface area contributed by atoms with E-state index in [1.165, 1.54) is 0 Å². The number of nitrogens with zero attached hydrogens (tertiary/aromatic N) is 3. The monoisotopic (exact) mass is 353 g/mol. The summed E-state index contributed by atoms with van der Waals surface area (Å²) in [4.78, 5) is 21.8. The number of amides is 1. The van der Waals surface area contributed by atoms with E-state index < -0.39 is 11.7 Å². The number of hydrogen-bond acceptors (Lipinski definition) is 5. The molecule has 1 aromatic carbocycles. The number of anilines is 2. The third kappa shape index (κ3) is 2.65. The fourth-order valence-corrected chi connectivity index (χ4v) is 3.47. The predicted octanol–water partition coefficient (Wildman–Crippen LogP) is 3.61. The van der Waals surface area contributed by atoms with Gasteiger partial charge in [0, 0.05) is 31.5 Å². The van der Waals surface area contributed by atoms with Gasteiger partial charge in [-0.1, -0.05) is 6.07 Å². The van der Waals surface area contributed by atoms with Crippen LogP contribution >= 0.6 is 0 Å². The number of hydrogen-bond donors (Lipinski definition) is 1. The van der Waals surface area contributed by atoms with Crippen LogP contribution in [0.4, 0.5) is 22.0 Å². The zero-order valence-electron chi connectivity index (χ0n) is 14.5. The van der Waals surface area contributed by atoms with Gasteiger partial charge >= 0.3 is 6.09 Å². The Labute approximate surface area is 150 Å². The molecule has 4 rings (SSSR count). The molecule has 0 radical (unpaired) electrons. The van der Waals surface area contributed by atoms with Crippen LogP contribution in [0.15, 0.2) is 41.5 Å². The lowest BCUT2D eigenvalue weighted by Crippen LogP contribution is -2.26. The minimum atomic E-state index is -1.10. The summed E-state index contributed by atoms with van der Waals surface area (Å²) in [5.74, 6) is 0.345. The van der Waals surface area contributed by atoms with Gasteiger partial charge in [0.05, 0.1) is 29.7 Å². The molecule has 2 aliphatic heterocycles. The number of pyridine rings is 1. The van der Waals surface area contributed by atoms with Crippen molar-refractivity contribution < 1.29 is 19.4 Å². The first kappa shape index (κ1) is 16.7. The van der Waals surface area contributed by atoms with Crippen molar-refractivity contribution in [2.45, 2.75) is 25.0 Å². The molecule has 134 valence electrons. The van der Waals surface area contributed by atoms with Gasteiger partial charge in [-0.2, -0.15) is 0 Å². The van der Waals surface area contributed by atoms with Crippen molar-refractivity contribution in [1.82, 2.24) is 4.98 Å². The molecule has 0 bridgehead atoms. The van der Waals surface area contributed by atoms with Crippen molar-refractivity contribution >= 4 is 29.5 Å². The van der Waals surface area contributed by atoms with Crippen LogP contribution in [-0.2, 0) is 15.1 Å². The highest BCUT2D eigenvalue weighted by Gasteiger charge is 2.38. The van der Waals surface area contributed by atoms with Crippen LogP contribution in [0.3, 0.4) is 0 Å². The lowest BCUT2D eigenvalue weighted by Gasteiger charge is -2.26. The van der Waals surface area contributed by atoms with Gasteiger partial charge in [-0.25, -0.2) is 14.7 Å². The van der Waals surface area contributed by atoms with Gasteiger partial charge < -0.3 is 14.6 Å². The summed E-state index contributed by atoms with van der Waals surface area (Å²) in [7, 11) is 1.68. The van der Waals surface area contributed by atoms with Crippen molar-refractivity contribution in [3.8, 4) is 0 Å². The minimum Gasteiger partial charge on any atom is -0.464 e. The van der Waals surface area contributed by atoms with E-state index in [1.54, 1.807) is 37.7 Å². The lowest BCUT2D eigenvalue weighted by atomic mass is 9.91. The molecule has 2 aliphatic rings. The molecular formula is C19H19N3O4. The van der Waals surface area contributed by atoms with Crippen LogP contribution in [-0.4, -0.2) is 42.2 Å². The molecule has 26 heavy (non-hydrogen) atoms. The van der Waals surface area contributed by atoms with Crippen molar-refractivity contribution in [2.75, 3.05) is 18.6 Å². The molecule has 0 spiro atoms. The van der Waals surface area contributed by atoms with E-state index in [1.807, 2.05) is 19.1 Å². The molecule has 1 amide bonds. The molecule has 0 saturated carbocycles. The van der Waals surface area contributed by atoms with E-state index >= 15 is 0 Å². The average molecular weight is 353 g/mol. The summed E-state index contributed by atoms with van der Waals surface area (Å²) in [6.45, 7) is 2.55. The molecule has 0 aliphatic carbocycles. The molecule has 2 unspecified atom stereocenters. The van der Waals surface area contributed by atoms with Crippen LogP contribution in [0.25, 0.3) is 0 Å². The van der Waals surface area contributed by atoms with Crippen LogP contribution < -0.4 is 4.90 Å². The molecule has 1 N–H and O–H groups in total. The highest BCUT2D eigenvalue weighted by Crippen LogP contribution is 2.43. The van der Waals surface area contributed by atoms with Crippen molar-refractivity contribution in [1.29, 1.82) is 0 Å². The van der Waals surface area contributed by atoms with E-state index in [0.29, 0.717) is 29.4 Å². The molecule has 1 fully saturated rings. The summed E-state index contributed by atoms with van der Waals surface area (Å²) < 4.78 is 11.4. The minimum absolute atomic E-state index is 0.0475. The van der Waals surface area contributed by atoms with E-state index in [0.717, 1.165) is 16.9 Å². The third-order valence-corrected chi connectivity index (χ3v) is 4.93. The van der Waals surface area contributed by atoms with Crippen LogP contribution in [0, 0.1) is 0 Å². The summed E-state index contributed by atoms with van der Waals surface area (Å²) in [6, 6.07) is 9.07. The van der Waals surface area contributed by atoms with Gasteiger partial charge in [-0.3, -0.25) is 4.99 Å². The summed E-state index contributed by atoms with van der Waals surface area (Å²) in [5.41, 5.74) is 2.14. The van der Waals surface area contributed by atoms with Crippen LogP contribution in [0.2, 0.25) is 0 Å². The third-order valence-electron chi connectivity index (χ3n) is 4.93. The first-order chi connectivity index (χ1) is 12.5. The quantitative estimate of drug-likeness (QED) is 0.891. The van der Waals surface area contributed by atoms with Gasteiger partial charge in [0.1, 0.15) is 0 Å². The predicted molar refractivity (Wildman–Crippen MR) is 96.8 cm³/mol. The number of carboxylic acid groups (broad SMARTS) is 1. The molecule has 7 heteroatoms. The number of aliphatic imine (C=N–C) groups is 1. The fourth-order valence-electron chi connectivity index (χ4n) is 3.47. The van der Waals surface area contributed by atoms with E-state index in [9.17, 15) is 9.90 Å². The molecule has 2 atom stereocenters. The Hall–Kier alpha value is -2.77. The second-order valence-electron chi connectivity index (χ2n) is 6.60. The Bertz CT molecular complexity index is 898. The van der Waals surface area contributed by atoms with E-state index in [-0.39, 0.29) is 6.10 Å².